The van der Waals surface area contributed by atoms with Gasteiger partial charge in [-0.3, -0.25) is 0 Å². The Morgan fingerprint density at radius 1 is 1.35 bits per heavy atom. The third kappa shape index (κ3) is 3.20. The molecular weight excluding hydrogens is 214 g/mol. The highest BCUT2D eigenvalue weighted by molar-refractivity contribution is 5.38. The van der Waals surface area contributed by atoms with Gasteiger partial charge < -0.3 is 15.6 Å². The lowest BCUT2D eigenvalue weighted by atomic mass is 10.0. The zero-order valence-corrected chi connectivity index (χ0v) is 10.4. The number of nitrogens with two attached hydrogens (primary N) is 1. The summed E-state index contributed by atoms with van der Waals surface area (Å²) in [6, 6.07) is 6.32. The summed E-state index contributed by atoms with van der Waals surface area (Å²) in [7, 11) is 0. The summed E-state index contributed by atoms with van der Waals surface area (Å²) in [5, 5.41) is 9.04. The molecule has 1 atom stereocenters. The van der Waals surface area contributed by atoms with Crippen LogP contribution >= 0.6 is 0 Å². The fourth-order valence-electron chi connectivity index (χ4n) is 2.12. The minimum atomic E-state index is -0.545. The molecule has 0 aliphatic heterocycles. The Kier molecular flexibility index (Phi) is 3.69. The average molecular weight is 235 g/mol. The Labute approximate surface area is 103 Å². The largest absolute Gasteiger partial charge is 0.494 e. The quantitative estimate of drug-likeness (QED) is 0.816. The summed E-state index contributed by atoms with van der Waals surface area (Å²) in [6.45, 7) is 2.37. The first kappa shape index (κ1) is 12.4. The van der Waals surface area contributed by atoms with Crippen molar-refractivity contribution in [1.29, 1.82) is 0 Å². The molecule has 0 aromatic heterocycles. The van der Waals surface area contributed by atoms with E-state index in [1.807, 2.05) is 13.0 Å². The van der Waals surface area contributed by atoms with Crippen molar-refractivity contribution in [2.75, 3.05) is 13.2 Å². The average Bonchev–Trinajstić information content (AvgIpc) is 2.76. The number of ether oxygens (including phenoxy) is 1. The molecule has 1 unspecified atom stereocenters. The second-order valence-electron chi connectivity index (χ2n) is 5.19. The highest BCUT2D eigenvalue weighted by atomic mass is 16.5. The van der Waals surface area contributed by atoms with Crippen molar-refractivity contribution >= 4 is 0 Å². The van der Waals surface area contributed by atoms with Crippen LogP contribution in [0.25, 0.3) is 0 Å². The maximum Gasteiger partial charge on any atom is 0.119 e. The number of benzene rings is 1. The van der Waals surface area contributed by atoms with Gasteiger partial charge in [-0.15, -0.1) is 0 Å². The van der Waals surface area contributed by atoms with Crippen molar-refractivity contribution in [3.8, 4) is 5.75 Å². The van der Waals surface area contributed by atoms with E-state index in [9.17, 15) is 0 Å². The number of aryl methyl sites for hydroxylation is 2. The van der Waals surface area contributed by atoms with E-state index in [4.69, 9.17) is 15.6 Å². The number of hydrogen-bond donors (Lipinski definition) is 2. The molecule has 0 saturated heterocycles. The molecule has 1 aromatic rings. The van der Waals surface area contributed by atoms with Crippen molar-refractivity contribution in [2.24, 2.45) is 5.73 Å². The van der Waals surface area contributed by atoms with Crippen LogP contribution in [0.5, 0.6) is 5.75 Å². The van der Waals surface area contributed by atoms with E-state index in [2.05, 4.69) is 12.1 Å². The molecule has 0 heterocycles. The van der Waals surface area contributed by atoms with E-state index in [0.29, 0.717) is 13.0 Å². The molecule has 1 aromatic carbocycles. The van der Waals surface area contributed by atoms with Crippen LogP contribution in [0.3, 0.4) is 0 Å². The molecule has 0 radical (unpaired) electrons. The van der Waals surface area contributed by atoms with Gasteiger partial charge in [0.05, 0.1) is 13.2 Å². The van der Waals surface area contributed by atoms with Crippen LogP contribution in [-0.2, 0) is 12.8 Å². The smallest absolute Gasteiger partial charge is 0.119 e. The van der Waals surface area contributed by atoms with Crippen LogP contribution in [-0.4, -0.2) is 23.9 Å². The first-order chi connectivity index (χ1) is 8.11. The maximum atomic E-state index is 9.04. The number of rotatable bonds is 5. The molecule has 0 fully saturated rings. The van der Waals surface area contributed by atoms with Gasteiger partial charge in [-0.2, -0.15) is 0 Å². The molecule has 3 N–H and O–H groups in total. The predicted molar refractivity (Wildman–Crippen MR) is 68.3 cm³/mol. The maximum absolute atomic E-state index is 9.04. The lowest BCUT2D eigenvalue weighted by Gasteiger charge is -2.21. The zero-order valence-electron chi connectivity index (χ0n) is 10.4. The summed E-state index contributed by atoms with van der Waals surface area (Å²) < 4.78 is 5.68. The zero-order chi connectivity index (χ0) is 12.3. The Hall–Kier alpha value is -1.06. The first-order valence-corrected chi connectivity index (χ1v) is 6.25. The fourth-order valence-corrected chi connectivity index (χ4v) is 2.12. The number of aliphatic hydroxyl groups excluding tert-OH is 1. The SMILES string of the molecule is CC(N)(CO)CCOc1ccc2c(c1)CCC2. The Morgan fingerprint density at radius 2 is 2.12 bits per heavy atom. The van der Waals surface area contributed by atoms with Gasteiger partial charge in [-0.05, 0) is 49.4 Å². The Morgan fingerprint density at radius 3 is 2.88 bits per heavy atom. The number of hydrogen-bond acceptors (Lipinski definition) is 3. The second-order valence-corrected chi connectivity index (χ2v) is 5.19. The normalized spacial score (nSPS) is 17.6. The molecule has 1 aliphatic rings. The summed E-state index contributed by atoms with van der Waals surface area (Å²) in [5.41, 5.74) is 8.17. The highest BCUT2D eigenvalue weighted by Gasteiger charge is 2.17. The summed E-state index contributed by atoms with van der Waals surface area (Å²) in [6.07, 6.45) is 4.27. The molecule has 3 nitrogen and oxygen atoms in total. The molecule has 2 rings (SSSR count). The minimum absolute atomic E-state index is 0.0133. The van der Waals surface area contributed by atoms with Gasteiger partial charge in [0.25, 0.3) is 0 Å². The molecule has 1 aliphatic carbocycles. The van der Waals surface area contributed by atoms with Gasteiger partial charge in [0.2, 0.25) is 0 Å². The van der Waals surface area contributed by atoms with Crippen molar-refractivity contribution in [1.82, 2.24) is 0 Å². The van der Waals surface area contributed by atoms with Crippen LogP contribution in [0, 0.1) is 0 Å². The highest BCUT2D eigenvalue weighted by Crippen LogP contribution is 2.26. The van der Waals surface area contributed by atoms with E-state index in [1.165, 1.54) is 24.0 Å². The van der Waals surface area contributed by atoms with Gasteiger partial charge in [0.1, 0.15) is 5.75 Å². The lowest BCUT2D eigenvalue weighted by Crippen LogP contribution is -2.41. The minimum Gasteiger partial charge on any atom is -0.494 e. The van der Waals surface area contributed by atoms with Crippen molar-refractivity contribution in [2.45, 2.75) is 38.1 Å². The number of fused-ring (bicyclic) bond motifs is 1. The molecular formula is C14H21NO2. The first-order valence-electron chi connectivity index (χ1n) is 6.25. The molecule has 17 heavy (non-hydrogen) atoms. The van der Waals surface area contributed by atoms with E-state index in [1.54, 1.807) is 0 Å². The van der Waals surface area contributed by atoms with Gasteiger partial charge in [0, 0.05) is 12.0 Å². The van der Waals surface area contributed by atoms with Crippen molar-refractivity contribution in [3.63, 3.8) is 0 Å². The van der Waals surface area contributed by atoms with E-state index < -0.39 is 5.54 Å². The second kappa shape index (κ2) is 5.07. The number of aliphatic hydroxyl groups is 1. The van der Waals surface area contributed by atoms with E-state index in [0.717, 1.165) is 12.2 Å². The monoisotopic (exact) mass is 235 g/mol. The van der Waals surface area contributed by atoms with E-state index in [-0.39, 0.29) is 6.61 Å². The van der Waals surface area contributed by atoms with Crippen LogP contribution in [0.4, 0.5) is 0 Å². The fraction of sp³-hybridized carbons (Fsp3) is 0.571. The summed E-state index contributed by atoms with van der Waals surface area (Å²) in [4.78, 5) is 0. The van der Waals surface area contributed by atoms with Gasteiger partial charge in [0.15, 0.2) is 0 Å². The third-order valence-corrected chi connectivity index (χ3v) is 3.37. The van der Waals surface area contributed by atoms with Crippen LogP contribution in [0.1, 0.15) is 30.9 Å². The third-order valence-electron chi connectivity index (χ3n) is 3.37. The standard InChI is InChI=1S/C14H21NO2/c1-14(15,10-16)7-8-17-13-6-5-11-3-2-4-12(11)9-13/h5-6,9,16H,2-4,7-8,10,15H2,1H3. The summed E-state index contributed by atoms with van der Waals surface area (Å²) in [5.74, 6) is 0.916. The van der Waals surface area contributed by atoms with Crippen molar-refractivity contribution < 1.29 is 9.84 Å². The molecule has 0 spiro atoms. The Balaban J connectivity index is 1.88. The lowest BCUT2D eigenvalue weighted by molar-refractivity contribution is 0.175. The van der Waals surface area contributed by atoms with Crippen LogP contribution < -0.4 is 10.5 Å². The van der Waals surface area contributed by atoms with Crippen LogP contribution in [0.15, 0.2) is 18.2 Å². The molecule has 0 saturated carbocycles. The molecule has 0 amide bonds. The van der Waals surface area contributed by atoms with Gasteiger partial charge in [-0.25, -0.2) is 0 Å². The Bertz CT molecular complexity index is 388. The molecule has 94 valence electrons. The molecule has 0 bridgehead atoms. The van der Waals surface area contributed by atoms with Crippen LogP contribution in [0.2, 0.25) is 0 Å². The predicted octanol–water partition coefficient (Wildman–Crippen LogP) is 1.65. The van der Waals surface area contributed by atoms with Crippen molar-refractivity contribution in [3.05, 3.63) is 29.3 Å². The summed E-state index contributed by atoms with van der Waals surface area (Å²) >= 11 is 0. The molecule has 3 heteroatoms. The topological polar surface area (TPSA) is 55.5 Å². The van der Waals surface area contributed by atoms with Gasteiger partial charge in [-0.1, -0.05) is 6.07 Å². The van der Waals surface area contributed by atoms with E-state index >= 15 is 0 Å². The van der Waals surface area contributed by atoms with Gasteiger partial charge >= 0.3 is 0 Å².